The lowest BCUT2D eigenvalue weighted by Gasteiger charge is -2.59. The summed E-state index contributed by atoms with van der Waals surface area (Å²) in [6.07, 6.45) is 11.1. The summed E-state index contributed by atoms with van der Waals surface area (Å²) in [5, 5.41) is 28.9. The zero-order valence-corrected chi connectivity index (χ0v) is 25.3. The van der Waals surface area contributed by atoms with Gasteiger partial charge in [0.25, 0.3) is 5.91 Å². The van der Waals surface area contributed by atoms with E-state index in [0.717, 1.165) is 67.1 Å². The first kappa shape index (κ1) is 29.6. The van der Waals surface area contributed by atoms with Crippen LogP contribution in [0.3, 0.4) is 0 Å². The summed E-state index contributed by atoms with van der Waals surface area (Å²) in [6.45, 7) is 5.71. The highest BCUT2D eigenvalue weighted by Gasteiger charge is 2.65. The van der Waals surface area contributed by atoms with Crippen LogP contribution in [0.2, 0.25) is 0 Å². The van der Waals surface area contributed by atoms with Gasteiger partial charge in [0.1, 0.15) is 11.6 Å². The molecule has 43 heavy (non-hydrogen) atoms. The maximum Gasteiger partial charge on any atom is 0.326 e. The number of hydrogen-bond acceptors (Lipinski definition) is 6. The van der Waals surface area contributed by atoms with Gasteiger partial charge in [-0.15, -0.1) is 0 Å². The van der Waals surface area contributed by atoms with Crippen molar-refractivity contribution in [3.8, 4) is 0 Å². The monoisotopic (exact) mass is 589 g/mol. The van der Waals surface area contributed by atoms with Crippen molar-refractivity contribution >= 4 is 34.3 Å². The molecule has 6 rings (SSSR count). The number of rotatable bonds is 8. The number of aliphatic hydroxyl groups is 1. The molecule has 9 heteroatoms. The number of oxime groups is 1. The molecule has 0 unspecified atom stereocenters. The van der Waals surface area contributed by atoms with Crippen LogP contribution >= 0.6 is 0 Å². The van der Waals surface area contributed by atoms with Gasteiger partial charge in [0, 0.05) is 28.9 Å². The number of benzene rings is 1. The third-order valence-electron chi connectivity index (χ3n) is 11.8. The SMILES string of the molecule is CC(=O)[C@]1(O)CC[C@@H]2[C@H]3CCC4=C/C(=N\OCC(=O)N[C@@H](Cc5c[nH]c6ccccc56)C(=O)O)CC[C@]4(C)[C@@H]3CC[C@]21C. The van der Waals surface area contributed by atoms with E-state index in [1.165, 1.54) is 5.57 Å². The smallest absolute Gasteiger partial charge is 0.326 e. The van der Waals surface area contributed by atoms with Crippen molar-refractivity contribution in [3.63, 3.8) is 0 Å². The minimum absolute atomic E-state index is 0.0503. The molecule has 0 aliphatic heterocycles. The number of carboxylic acids is 1. The van der Waals surface area contributed by atoms with Crippen LogP contribution in [0.5, 0.6) is 0 Å². The molecule has 1 aromatic carbocycles. The zero-order valence-electron chi connectivity index (χ0n) is 25.3. The van der Waals surface area contributed by atoms with E-state index in [1.807, 2.05) is 24.3 Å². The Morgan fingerprint density at radius 1 is 1.09 bits per heavy atom. The fourth-order valence-corrected chi connectivity index (χ4v) is 9.37. The molecule has 3 saturated carbocycles. The van der Waals surface area contributed by atoms with Gasteiger partial charge in [-0.05, 0) is 99.2 Å². The predicted octanol–water partition coefficient (Wildman–Crippen LogP) is 4.94. The van der Waals surface area contributed by atoms with Gasteiger partial charge in [0.05, 0.1) is 5.71 Å². The summed E-state index contributed by atoms with van der Waals surface area (Å²) in [7, 11) is 0. The number of aromatic amines is 1. The quantitative estimate of drug-likeness (QED) is 0.322. The fourth-order valence-electron chi connectivity index (χ4n) is 9.37. The van der Waals surface area contributed by atoms with Gasteiger partial charge in [0.2, 0.25) is 0 Å². The predicted molar refractivity (Wildman–Crippen MR) is 162 cm³/mol. The second-order valence-electron chi connectivity index (χ2n) is 13.8. The van der Waals surface area contributed by atoms with Crippen molar-refractivity contribution in [2.75, 3.05) is 6.61 Å². The molecule has 1 amide bonds. The number of carbonyl (C=O) groups excluding carboxylic acids is 2. The van der Waals surface area contributed by atoms with E-state index in [0.29, 0.717) is 24.2 Å². The standard InChI is InChI=1S/C34H43N3O6/c1-20(38)34(42)15-12-27-25-9-8-22-17-23(10-13-32(22,2)26(25)11-14-33(27,34)3)37-43-19-30(39)36-29(31(40)41)16-21-18-35-28-7-5-4-6-24(21)28/h4-7,17-18,25-27,29,35,42H,8-16,19H2,1-3H3,(H,36,39)(H,40,41)/b37-23-/t25-,26+,27+,29-,32-,33+,34+/m0/s1. The van der Waals surface area contributed by atoms with Crippen molar-refractivity contribution in [2.45, 2.75) is 90.2 Å². The van der Waals surface area contributed by atoms with E-state index in [1.54, 1.807) is 13.1 Å². The first-order valence-corrected chi connectivity index (χ1v) is 15.7. The maximum absolute atomic E-state index is 12.6. The molecule has 0 spiro atoms. The first-order chi connectivity index (χ1) is 20.5. The lowest BCUT2D eigenvalue weighted by atomic mass is 9.46. The summed E-state index contributed by atoms with van der Waals surface area (Å²) >= 11 is 0. The van der Waals surface area contributed by atoms with Gasteiger partial charge in [-0.1, -0.05) is 42.8 Å². The summed E-state index contributed by atoms with van der Waals surface area (Å²) < 4.78 is 0. The van der Waals surface area contributed by atoms with E-state index < -0.39 is 23.5 Å². The van der Waals surface area contributed by atoms with Crippen molar-refractivity contribution in [3.05, 3.63) is 47.7 Å². The number of H-pyrrole nitrogens is 1. The number of nitrogens with zero attached hydrogens (tertiary/aromatic N) is 1. The summed E-state index contributed by atoms with van der Waals surface area (Å²) in [6, 6.07) is 6.56. The topological polar surface area (TPSA) is 141 Å². The Labute approximate surface area is 252 Å². The average Bonchev–Trinajstić information content (AvgIpc) is 3.51. The van der Waals surface area contributed by atoms with Crippen molar-refractivity contribution in [1.82, 2.24) is 10.3 Å². The molecule has 0 bridgehead atoms. The Morgan fingerprint density at radius 3 is 2.63 bits per heavy atom. The molecule has 1 aromatic heterocycles. The molecule has 0 saturated heterocycles. The zero-order chi connectivity index (χ0) is 30.6. The van der Waals surface area contributed by atoms with E-state index >= 15 is 0 Å². The van der Waals surface area contributed by atoms with Gasteiger partial charge >= 0.3 is 5.97 Å². The van der Waals surface area contributed by atoms with Crippen LogP contribution < -0.4 is 5.32 Å². The molecule has 0 radical (unpaired) electrons. The lowest BCUT2D eigenvalue weighted by Crippen LogP contribution is -2.57. The average molecular weight is 590 g/mol. The number of para-hydroxylation sites is 1. The Hall–Kier alpha value is -3.46. The van der Waals surface area contributed by atoms with Gasteiger partial charge < -0.3 is 25.4 Å². The summed E-state index contributed by atoms with van der Waals surface area (Å²) in [4.78, 5) is 45.6. The van der Waals surface area contributed by atoms with Crippen LogP contribution in [0.25, 0.3) is 10.9 Å². The number of nitrogens with one attached hydrogen (secondary N) is 2. The Morgan fingerprint density at radius 2 is 1.86 bits per heavy atom. The number of allylic oxidation sites excluding steroid dienone is 2. The van der Waals surface area contributed by atoms with E-state index in [-0.39, 0.29) is 29.6 Å². The Balaban J connectivity index is 1.07. The highest BCUT2D eigenvalue weighted by atomic mass is 16.6. The summed E-state index contributed by atoms with van der Waals surface area (Å²) in [5.74, 6) is -0.349. The van der Waals surface area contributed by atoms with Gasteiger partial charge in [-0.2, -0.15) is 0 Å². The molecule has 7 atom stereocenters. The number of ketones is 1. The normalized spacial score (nSPS) is 34.9. The number of carbonyl (C=O) groups is 3. The molecule has 9 nitrogen and oxygen atoms in total. The minimum Gasteiger partial charge on any atom is -0.480 e. The van der Waals surface area contributed by atoms with E-state index in [2.05, 4.69) is 35.4 Å². The molecule has 2 aromatic rings. The van der Waals surface area contributed by atoms with Gasteiger partial charge in [-0.3, -0.25) is 9.59 Å². The van der Waals surface area contributed by atoms with E-state index in [9.17, 15) is 24.6 Å². The molecular weight excluding hydrogens is 546 g/mol. The second kappa shape index (κ2) is 10.9. The Bertz CT molecular complexity index is 1510. The number of aromatic nitrogens is 1. The number of hydrogen-bond donors (Lipinski definition) is 4. The molecule has 4 aliphatic rings. The first-order valence-electron chi connectivity index (χ1n) is 15.7. The second-order valence-corrected chi connectivity index (χ2v) is 13.8. The van der Waals surface area contributed by atoms with Crippen LogP contribution in [0, 0.1) is 28.6 Å². The third kappa shape index (κ3) is 4.89. The molecule has 4 N–H and O–H groups in total. The highest BCUT2D eigenvalue weighted by molar-refractivity contribution is 5.96. The number of fused-ring (bicyclic) bond motifs is 6. The number of carboxylic acid groups (broad SMARTS) is 1. The number of aliphatic carboxylic acids is 1. The molecular formula is C34H43N3O6. The highest BCUT2D eigenvalue weighted by Crippen LogP contribution is 2.67. The maximum atomic E-state index is 12.6. The van der Waals surface area contributed by atoms with Crippen molar-refractivity contribution in [1.29, 1.82) is 0 Å². The van der Waals surface area contributed by atoms with Crippen molar-refractivity contribution < 1.29 is 29.4 Å². The fraction of sp³-hybridized carbons (Fsp3) is 0.588. The molecule has 230 valence electrons. The largest absolute Gasteiger partial charge is 0.480 e. The summed E-state index contributed by atoms with van der Waals surface area (Å²) in [5.41, 5.74) is 2.42. The van der Waals surface area contributed by atoms with Crippen molar-refractivity contribution in [2.24, 2.45) is 33.7 Å². The van der Waals surface area contributed by atoms with Crippen LogP contribution in [0.4, 0.5) is 0 Å². The van der Waals surface area contributed by atoms with Crippen LogP contribution in [0.15, 0.2) is 47.3 Å². The number of Topliss-reactive ketones (excluding diaryl/α,β-unsaturated/α-hetero) is 1. The minimum atomic E-state index is -1.20. The van der Waals surface area contributed by atoms with Gasteiger partial charge in [0.15, 0.2) is 12.4 Å². The molecule has 1 heterocycles. The van der Waals surface area contributed by atoms with Crippen LogP contribution in [-0.4, -0.2) is 56.8 Å². The molecule has 3 fully saturated rings. The Kier molecular flexibility index (Phi) is 7.51. The van der Waals surface area contributed by atoms with E-state index in [4.69, 9.17) is 4.84 Å². The van der Waals surface area contributed by atoms with Gasteiger partial charge in [-0.25, -0.2) is 4.79 Å². The molecule has 4 aliphatic carbocycles. The lowest BCUT2D eigenvalue weighted by molar-refractivity contribution is -0.159. The third-order valence-corrected chi connectivity index (χ3v) is 11.8. The number of amides is 1. The van der Waals surface area contributed by atoms with Crippen LogP contribution in [-0.2, 0) is 25.6 Å². The van der Waals surface area contributed by atoms with Crippen LogP contribution in [0.1, 0.15) is 77.7 Å².